The predicted molar refractivity (Wildman–Crippen MR) is 126 cm³/mol. The molecule has 0 spiro atoms. The molecule has 0 fully saturated rings. The number of sulfonamides is 1. The van der Waals surface area contributed by atoms with E-state index in [0.29, 0.717) is 23.9 Å². The van der Waals surface area contributed by atoms with Gasteiger partial charge in [-0.2, -0.15) is 0 Å². The van der Waals surface area contributed by atoms with Crippen LogP contribution in [0.15, 0.2) is 96.0 Å². The molecule has 1 aromatic heterocycles. The molecule has 3 aromatic carbocycles. The van der Waals surface area contributed by atoms with Gasteiger partial charge in [-0.3, -0.25) is 14.5 Å². The largest absolute Gasteiger partial charge is 0.342 e. The minimum absolute atomic E-state index is 0.00297. The molecule has 8 heteroatoms. The van der Waals surface area contributed by atoms with Crippen molar-refractivity contribution < 1.29 is 18.0 Å². The molecule has 0 aliphatic heterocycles. The highest BCUT2D eigenvalue weighted by atomic mass is 32.2. The summed E-state index contributed by atoms with van der Waals surface area (Å²) in [6, 6.07) is 23.0. The minimum atomic E-state index is -3.89. The van der Waals surface area contributed by atoms with Crippen molar-refractivity contribution in [2.45, 2.75) is 17.4 Å². The van der Waals surface area contributed by atoms with Gasteiger partial charge in [-0.1, -0.05) is 48.5 Å². The quantitative estimate of drug-likeness (QED) is 0.392. The van der Waals surface area contributed by atoms with Gasteiger partial charge in [0.1, 0.15) is 6.29 Å². The van der Waals surface area contributed by atoms with Crippen LogP contribution in [0.3, 0.4) is 0 Å². The Hall–Kier alpha value is -4.04. The van der Waals surface area contributed by atoms with Crippen molar-refractivity contribution in [2.24, 2.45) is 0 Å². The van der Waals surface area contributed by atoms with Crippen molar-refractivity contribution in [1.29, 1.82) is 0 Å². The summed E-state index contributed by atoms with van der Waals surface area (Å²) < 4.78 is 28.3. The van der Waals surface area contributed by atoms with Crippen LogP contribution in [0.5, 0.6) is 0 Å². The molecule has 33 heavy (non-hydrogen) atoms. The Bertz CT molecular complexity index is 1380. The molecule has 0 unspecified atom stereocenters. The van der Waals surface area contributed by atoms with Gasteiger partial charge in [0.05, 0.1) is 22.1 Å². The average Bonchev–Trinajstić information content (AvgIpc) is 2.84. The normalized spacial score (nSPS) is 12.1. The van der Waals surface area contributed by atoms with Crippen LogP contribution >= 0.6 is 0 Å². The molecule has 7 nitrogen and oxygen atoms in total. The van der Waals surface area contributed by atoms with Gasteiger partial charge >= 0.3 is 0 Å². The number of carbonyl (C=O) groups excluding carboxylic acids is 2. The molecular weight excluding hydrogens is 438 g/mol. The number of aldehydes is 1. The maximum atomic E-state index is 12.9. The number of nitrogens with zero attached hydrogens (tertiary/aromatic N) is 1. The number of nitrogens with one attached hydrogen (secondary N) is 2. The average molecular weight is 460 g/mol. The highest BCUT2D eigenvalue weighted by molar-refractivity contribution is 7.92. The van der Waals surface area contributed by atoms with Gasteiger partial charge in [-0.05, 0) is 48.4 Å². The van der Waals surface area contributed by atoms with Gasteiger partial charge in [0.25, 0.3) is 15.9 Å². The van der Waals surface area contributed by atoms with Gasteiger partial charge in [0.15, 0.2) is 0 Å². The van der Waals surface area contributed by atoms with E-state index in [2.05, 4.69) is 15.0 Å². The van der Waals surface area contributed by atoms with Gasteiger partial charge < -0.3 is 10.1 Å². The molecule has 0 bridgehead atoms. The maximum Gasteiger partial charge on any atom is 0.261 e. The molecule has 4 aromatic rings. The molecular formula is C25H21N3O4S. The van der Waals surface area contributed by atoms with Crippen LogP contribution in [-0.4, -0.2) is 31.6 Å². The van der Waals surface area contributed by atoms with Gasteiger partial charge in [-0.25, -0.2) is 8.42 Å². The van der Waals surface area contributed by atoms with Crippen molar-refractivity contribution in [2.75, 3.05) is 4.72 Å². The van der Waals surface area contributed by atoms with Crippen LogP contribution in [0, 0.1) is 0 Å². The van der Waals surface area contributed by atoms with E-state index >= 15 is 0 Å². The fourth-order valence-corrected chi connectivity index (χ4v) is 4.50. The molecule has 0 saturated heterocycles. The van der Waals surface area contributed by atoms with Crippen LogP contribution in [0.2, 0.25) is 0 Å². The lowest BCUT2D eigenvalue weighted by atomic mass is 10.1. The molecule has 0 aliphatic carbocycles. The number of rotatable bonds is 8. The molecule has 0 saturated carbocycles. The fourth-order valence-electron chi connectivity index (χ4n) is 3.43. The van der Waals surface area contributed by atoms with E-state index in [9.17, 15) is 18.0 Å². The summed E-state index contributed by atoms with van der Waals surface area (Å²) in [5.41, 5.74) is 2.08. The zero-order valence-electron chi connectivity index (χ0n) is 17.5. The lowest BCUT2D eigenvalue weighted by Crippen LogP contribution is -2.37. The van der Waals surface area contributed by atoms with E-state index < -0.39 is 22.0 Å². The van der Waals surface area contributed by atoms with Crippen molar-refractivity contribution in [1.82, 2.24) is 10.3 Å². The lowest BCUT2D eigenvalue weighted by Gasteiger charge is -2.14. The zero-order valence-corrected chi connectivity index (χ0v) is 18.3. The van der Waals surface area contributed by atoms with E-state index in [1.165, 1.54) is 24.3 Å². The van der Waals surface area contributed by atoms with E-state index in [-0.39, 0.29) is 10.5 Å². The highest BCUT2D eigenvalue weighted by Gasteiger charge is 2.18. The summed E-state index contributed by atoms with van der Waals surface area (Å²) in [4.78, 5) is 28.2. The standard InChI is InChI=1S/C25H21N3O4S/c29-17-21(16-18-6-2-1-3-7-18)27-25(30)20-11-13-22(14-12-20)33(31,32)28-23-10-4-8-19-9-5-15-26-24(19)23/h1-15,17,21,28H,16H2,(H,27,30)/t21-/m0/s1. The molecule has 2 N–H and O–H groups in total. The first-order valence-electron chi connectivity index (χ1n) is 10.2. The molecule has 1 heterocycles. The van der Waals surface area contributed by atoms with Crippen molar-refractivity contribution in [3.05, 3.63) is 102 Å². The summed E-state index contributed by atoms with van der Waals surface area (Å²) in [5.74, 6) is -0.460. The van der Waals surface area contributed by atoms with Crippen LogP contribution in [-0.2, 0) is 21.2 Å². The number of benzene rings is 3. The first-order valence-corrected chi connectivity index (χ1v) is 11.7. The van der Waals surface area contributed by atoms with Crippen LogP contribution in [0.4, 0.5) is 5.69 Å². The Kier molecular flexibility index (Phi) is 6.46. The topological polar surface area (TPSA) is 105 Å². The van der Waals surface area contributed by atoms with E-state index in [4.69, 9.17) is 0 Å². The minimum Gasteiger partial charge on any atom is -0.342 e. The Morgan fingerprint density at radius 3 is 2.36 bits per heavy atom. The third kappa shape index (κ3) is 5.24. The van der Waals surface area contributed by atoms with E-state index in [0.717, 1.165) is 10.9 Å². The molecule has 4 rings (SSSR count). The summed E-state index contributed by atoms with van der Waals surface area (Å²) in [6.07, 6.45) is 2.65. The van der Waals surface area contributed by atoms with Crippen LogP contribution < -0.4 is 10.0 Å². The predicted octanol–water partition coefficient (Wildman–Crippen LogP) is 3.58. The lowest BCUT2D eigenvalue weighted by molar-refractivity contribution is -0.109. The van der Waals surface area contributed by atoms with Crippen LogP contribution in [0.1, 0.15) is 15.9 Å². The Balaban J connectivity index is 1.47. The third-order valence-corrected chi connectivity index (χ3v) is 6.46. The third-order valence-electron chi connectivity index (χ3n) is 5.08. The number of fused-ring (bicyclic) bond motifs is 1. The summed E-state index contributed by atoms with van der Waals surface area (Å²) >= 11 is 0. The Labute approximate surface area is 191 Å². The van der Waals surface area contributed by atoms with Gasteiger partial charge in [0.2, 0.25) is 0 Å². The van der Waals surface area contributed by atoms with Crippen molar-refractivity contribution >= 4 is 38.8 Å². The Morgan fingerprint density at radius 2 is 1.64 bits per heavy atom. The molecule has 1 atom stereocenters. The monoisotopic (exact) mass is 459 g/mol. The molecule has 166 valence electrons. The smallest absolute Gasteiger partial charge is 0.261 e. The molecule has 0 radical (unpaired) electrons. The van der Waals surface area contributed by atoms with Gasteiger partial charge in [0, 0.05) is 17.1 Å². The number of amides is 1. The number of carbonyl (C=O) groups is 2. The molecule has 0 aliphatic rings. The van der Waals surface area contributed by atoms with E-state index in [1.54, 1.807) is 24.4 Å². The number of anilines is 1. The first kappa shape index (κ1) is 22.2. The van der Waals surface area contributed by atoms with Gasteiger partial charge in [-0.15, -0.1) is 0 Å². The van der Waals surface area contributed by atoms with Crippen molar-refractivity contribution in [3.63, 3.8) is 0 Å². The van der Waals surface area contributed by atoms with E-state index in [1.807, 2.05) is 42.5 Å². The number of hydrogen-bond acceptors (Lipinski definition) is 5. The fraction of sp³-hybridized carbons (Fsp3) is 0.0800. The SMILES string of the molecule is O=C[C@H](Cc1ccccc1)NC(=O)c1ccc(S(=O)(=O)Nc2cccc3cccnc23)cc1. The zero-order chi connectivity index (χ0) is 23.3. The number of aromatic nitrogens is 1. The second-order valence-electron chi connectivity index (χ2n) is 7.42. The first-order chi connectivity index (χ1) is 16.0. The molecule has 1 amide bonds. The highest BCUT2D eigenvalue weighted by Crippen LogP contribution is 2.24. The number of hydrogen-bond donors (Lipinski definition) is 2. The summed E-state index contributed by atoms with van der Waals surface area (Å²) in [6.45, 7) is 0. The second-order valence-corrected chi connectivity index (χ2v) is 9.10. The Morgan fingerprint density at radius 1 is 0.909 bits per heavy atom. The second kappa shape index (κ2) is 9.62. The summed E-state index contributed by atoms with van der Waals surface area (Å²) in [7, 11) is -3.89. The van der Waals surface area contributed by atoms with Crippen LogP contribution in [0.25, 0.3) is 10.9 Å². The number of pyridine rings is 1. The maximum absolute atomic E-state index is 12.9. The summed E-state index contributed by atoms with van der Waals surface area (Å²) in [5, 5.41) is 3.48. The van der Waals surface area contributed by atoms with Crippen molar-refractivity contribution in [3.8, 4) is 0 Å². The number of para-hydroxylation sites is 1.